The predicted octanol–water partition coefficient (Wildman–Crippen LogP) is 1.49. The fourth-order valence-corrected chi connectivity index (χ4v) is 10.7. The van der Waals surface area contributed by atoms with Crippen molar-refractivity contribution in [3.05, 3.63) is 48.1 Å². The minimum absolute atomic E-state index is 0.000633. The molecule has 7 atom stereocenters. The largest absolute Gasteiger partial charge is 0.756 e. The van der Waals surface area contributed by atoms with E-state index in [1.807, 2.05) is 39.3 Å². The minimum Gasteiger partial charge on any atom is -0.756 e. The van der Waals surface area contributed by atoms with E-state index in [4.69, 9.17) is 20.3 Å². The van der Waals surface area contributed by atoms with Crippen molar-refractivity contribution in [3.63, 3.8) is 0 Å². The van der Waals surface area contributed by atoms with E-state index in [1.165, 1.54) is 4.57 Å². The normalized spacial score (nSPS) is 20.7. The number of aliphatic hydroxyl groups excluding tert-OH is 2. The number of aliphatic hydroxyl groups is 2. The zero-order valence-corrected chi connectivity index (χ0v) is 37.8. The number of unbranched alkanes of at least 4 members (excludes halogenated alkanes) is 3. The molecule has 63 heavy (non-hydrogen) atoms. The second kappa shape index (κ2) is 20.4. The Morgan fingerprint density at radius 3 is 2.46 bits per heavy atom. The number of phosphoric acid groups is 3. The minimum atomic E-state index is -5.86. The quantitative estimate of drug-likeness (QED) is 0.0223. The van der Waals surface area contributed by atoms with Crippen molar-refractivity contribution >= 4 is 79.5 Å². The van der Waals surface area contributed by atoms with Crippen molar-refractivity contribution in [2.24, 2.45) is 0 Å². The Labute approximate surface area is 364 Å². The summed E-state index contributed by atoms with van der Waals surface area (Å²) in [5.41, 5.74) is 9.21. The smallest absolute Gasteiger partial charge is 0.487 e. The molecular weight excluding hydrogens is 909 g/mol. The lowest BCUT2D eigenvalue weighted by molar-refractivity contribution is -0.212. The van der Waals surface area contributed by atoms with Gasteiger partial charge in [-0.1, -0.05) is 12.8 Å². The first kappa shape index (κ1) is 48.4. The average molecular weight is 959 g/mol. The molecule has 28 heteroatoms. The van der Waals surface area contributed by atoms with Crippen LogP contribution in [0.4, 0.5) is 17.5 Å². The lowest BCUT2D eigenvalue weighted by atomic mass is 10.1. The van der Waals surface area contributed by atoms with Gasteiger partial charge in [-0.15, -0.1) is 11.3 Å². The van der Waals surface area contributed by atoms with E-state index in [2.05, 4.69) is 66.4 Å². The lowest BCUT2D eigenvalue weighted by Gasteiger charge is -2.21. The summed E-state index contributed by atoms with van der Waals surface area (Å²) in [6.07, 6.45) is -1.24. The number of nitrogen functional groups attached to an aromatic ring is 1. The Bertz CT molecular complexity index is 2610. The molecule has 6 rings (SSSR count). The van der Waals surface area contributed by atoms with Crippen molar-refractivity contribution < 1.29 is 66.2 Å². The first-order valence-corrected chi connectivity index (χ1v) is 24.8. The first-order chi connectivity index (χ1) is 29.7. The Hall–Kier alpha value is -4.03. The number of imidazole rings is 1. The summed E-state index contributed by atoms with van der Waals surface area (Å²) in [6, 6.07) is 12.5. The van der Waals surface area contributed by atoms with Gasteiger partial charge in [-0.25, -0.2) is 38.0 Å². The third-order valence-corrected chi connectivity index (χ3v) is 14.7. The summed E-state index contributed by atoms with van der Waals surface area (Å²) in [4.78, 5) is 71.8. The molecule has 1 aliphatic carbocycles. The fourth-order valence-electron chi connectivity index (χ4n) is 6.68. The molecule has 1 aromatic carbocycles. The van der Waals surface area contributed by atoms with Gasteiger partial charge in [-0.05, 0) is 43.5 Å². The van der Waals surface area contributed by atoms with Crippen molar-refractivity contribution in [2.45, 2.75) is 63.1 Å². The highest BCUT2D eigenvalue weighted by Gasteiger charge is 2.47. The molecule has 2 aromatic heterocycles. The second-order valence-corrected chi connectivity index (χ2v) is 20.2. The van der Waals surface area contributed by atoms with Gasteiger partial charge in [0.2, 0.25) is 17.2 Å². The van der Waals surface area contributed by atoms with Crippen LogP contribution in [0.3, 0.4) is 0 Å². The first-order valence-electron chi connectivity index (χ1n) is 19.5. The number of fused-ring (bicyclic) bond motifs is 3. The molecule has 3 aliphatic rings. The molecule has 9 N–H and O–H groups in total. The standard InChI is InChI=1S/C35H49N10O14P3S/c1-43(2)21-10-12-23-26(17-21)63-27-18-22(11-13-24(27)41-23)44(3)16-8-9-28(46)37-14-6-4-5-7-15-38-35-42-29-32(36)39-20-40-33(29)45(35)34-31(48)30(47)25(57-34)19-56-61(52,53)59-62(54,55)58-60(49,50)51/h10-13,17-18,20,25,30-31,34,36,41,47-48H,4-9,14-16,19H2,1-3H3,(H5,37,46,49,50,51,52,53,54,55)/t25-,30-,31-,34-/m1/s1. The van der Waals surface area contributed by atoms with E-state index >= 15 is 0 Å². The van der Waals surface area contributed by atoms with Crippen LogP contribution in [0.15, 0.2) is 42.7 Å². The number of aromatic nitrogens is 5. The molecule has 4 heterocycles. The van der Waals surface area contributed by atoms with Crippen LogP contribution in [0.25, 0.3) is 32.0 Å². The molecule has 0 radical (unpaired) electrons. The van der Waals surface area contributed by atoms with Crippen molar-refractivity contribution in [2.75, 3.05) is 63.3 Å². The van der Waals surface area contributed by atoms with E-state index < -0.39 is 54.6 Å². The molecule has 0 spiro atoms. The summed E-state index contributed by atoms with van der Waals surface area (Å²) in [5.74, 6) is 0.105. The number of carbonyl (C=O) groups excluding carboxylic acids is 1. The number of phosphoric ester groups is 1. The van der Waals surface area contributed by atoms with Gasteiger partial charge in [0.15, 0.2) is 23.2 Å². The van der Waals surface area contributed by atoms with Crippen LogP contribution in [0.1, 0.15) is 44.8 Å². The molecule has 2 aliphatic heterocycles. The molecule has 3 aromatic rings. The van der Waals surface area contributed by atoms with Gasteiger partial charge in [0.25, 0.3) is 7.82 Å². The molecule has 1 amide bonds. The molecule has 344 valence electrons. The van der Waals surface area contributed by atoms with E-state index in [9.17, 15) is 43.4 Å². The number of nitrogens with zero attached hydrogens (tertiary/aromatic N) is 7. The molecule has 1 fully saturated rings. The lowest BCUT2D eigenvalue weighted by Crippen LogP contribution is -2.33. The van der Waals surface area contributed by atoms with Gasteiger partial charge >= 0.3 is 15.6 Å². The summed E-state index contributed by atoms with van der Waals surface area (Å²) in [5, 5.41) is 28.9. The number of carbonyl (C=O) groups is 1. The number of benzene rings is 2. The molecule has 0 saturated carbocycles. The van der Waals surface area contributed by atoms with Crippen molar-refractivity contribution in [1.82, 2.24) is 34.4 Å². The van der Waals surface area contributed by atoms with Gasteiger partial charge in [0.1, 0.15) is 38.7 Å². The number of hydrogen-bond acceptors (Lipinski definition) is 19. The predicted molar refractivity (Wildman–Crippen MR) is 229 cm³/mol. The maximum absolute atomic E-state index is 12.6. The molecular formula is C35H49N10O14P3S. The number of nitrogens with one attached hydrogen (secondary N) is 2. The highest BCUT2D eigenvalue weighted by Crippen LogP contribution is 2.65. The number of hydrogen-bond donors (Lipinski definition) is 8. The van der Waals surface area contributed by atoms with Gasteiger partial charge < -0.3 is 55.8 Å². The van der Waals surface area contributed by atoms with Crippen LogP contribution in [0.2, 0.25) is 0 Å². The molecule has 3 unspecified atom stereocenters. The summed E-state index contributed by atoms with van der Waals surface area (Å²) in [6.45, 7) is 0.589. The number of rotatable bonds is 21. The number of amides is 1. The monoisotopic (exact) mass is 958 g/mol. The van der Waals surface area contributed by atoms with Crippen LogP contribution in [-0.4, -0.2) is 121 Å². The third-order valence-electron chi connectivity index (χ3n) is 9.82. The Balaban J connectivity index is 0.928. The Morgan fingerprint density at radius 2 is 1.73 bits per heavy atom. The summed E-state index contributed by atoms with van der Waals surface area (Å²) >= 11 is 1.71. The topological polar surface area (TPSA) is 342 Å². The Morgan fingerprint density at radius 1 is 0.984 bits per heavy atom. The Kier molecular flexibility index (Phi) is 15.7. The van der Waals surface area contributed by atoms with Crippen LogP contribution in [-0.2, 0) is 36.4 Å². The zero-order valence-electron chi connectivity index (χ0n) is 34.3. The van der Waals surface area contributed by atoms with Gasteiger partial charge in [-0.3, -0.25) is 18.5 Å². The van der Waals surface area contributed by atoms with E-state index in [0.717, 1.165) is 57.4 Å². The summed E-state index contributed by atoms with van der Waals surface area (Å²) in [7, 11) is -11.3. The van der Waals surface area contributed by atoms with E-state index in [-0.39, 0.29) is 28.8 Å². The second-order valence-electron chi connectivity index (χ2n) is 14.8. The molecule has 0 bridgehead atoms. The van der Waals surface area contributed by atoms with Gasteiger partial charge in [0, 0.05) is 50.9 Å². The number of nitrogens with two attached hydrogens (primary N) is 1. The van der Waals surface area contributed by atoms with Crippen LogP contribution >= 0.6 is 34.8 Å². The van der Waals surface area contributed by atoms with E-state index in [0.29, 0.717) is 38.9 Å². The SMILES string of the molecule is CN(CCCC(=O)NCCCCCCNc1nc2c(N)ncnc2n1[C@@H]1O[C@H](COP(=O)(O)OP(=O)(O)OP(=O)([O-])O)[C@@H](O)[C@H]1O)c1ccc2nc3ccc(=[N+](C)C)cc-3sc2c1. The maximum Gasteiger partial charge on any atom is 0.487 e. The van der Waals surface area contributed by atoms with Crippen LogP contribution < -0.4 is 36.1 Å². The zero-order chi connectivity index (χ0) is 45.7. The van der Waals surface area contributed by atoms with E-state index in [1.54, 1.807) is 11.3 Å². The molecule has 1 saturated heterocycles. The van der Waals surface area contributed by atoms with Gasteiger partial charge in [0.05, 0.1) is 27.4 Å². The number of ether oxygens (including phenoxy) is 1. The highest BCUT2D eigenvalue weighted by atomic mass is 32.1. The maximum atomic E-state index is 12.6. The van der Waals surface area contributed by atoms with Crippen LogP contribution in [0, 0.1) is 0 Å². The highest BCUT2D eigenvalue weighted by molar-refractivity contribution is 7.66. The third kappa shape index (κ3) is 12.8. The number of anilines is 3. The molecule has 24 nitrogen and oxygen atoms in total. The summed E-state index contributed by atoms with van der Waals surface area (Å²) < 4.78 is 56.6. The van der Waals surface area contributed by atoms with Crippen LogP contribution in [0.5, 0.6) is 0 Å². The van der Waals surface area contributed by atoms with Crippen molar-refractivity contribution in [1.29, 1.82) is 0 Å². The van der Waals surface area contributed by atoms with Gasteiger partial charge in [-0.2, -0.15) is 4.31 Å². The average Bonchev–Trinajstić information content (AvgIpc) is 3.71. The fraction of sp³-hybridized carbons (Fsp3) is 0.486. The van der Waals surface area contributed by atoms with Crippen molar-refractivity contribution in [3.8, 4) is 10.6 Å².